The molecule has 0 unspecified atom stereocenters. The number of benzene rings is 1. The Labute approximate surface area is 129 Å². The summed E-state index contributed by atoms with van der Waals surface area (Å²) in [6.45, 7) is 6.84. The van der Waals surface area contributed by atoms with Crippen LogP contribution in [0.1, 0.15) is 61.4 Å². The van der Waals surface area contributed by atoms with Gasteiger partial charge >= 0.3 is 0 Å². The van der Waals surface area contributed by atoms with Crippen molar-refractivity contribution < 1.29 is 4.79 Å². The van der Waals surface area contributed by atoms with E-state index in [4.69, 9.17) is 0 Å². The number of rotatable bonds is 11. The quantitative estimate of drug-likeness (QED) is 0.610. The number of carbonyl (C=O) groups excluding carboxylic acids is 1. The van der Waals surface area contributed by atoms with Gasteiger partial charge in [0.2, 0.25) is 0 Å². The Morgan fingerprint density at radius 2 is 1.57 bits per heavy atom. The molecule has 0 aliphatic heterocycles. The number of hydrogen-bond acceptors (Lipinski definition) is 2. The summed E-state index contributed by atoms with van der Waals surface area (Å²) in [4.78, 5) is 11.9. The highest BCUT2D eigenvalue weighted by molar-refractivity contribution is 5.94. The molecule has 0 fully saturated rings. The van der Waals surface area contributed by atoms with Crippen LogP contribution in [-0.2, 0) is 0 Å². The van der Waals surface area contributed by atoms with Crippen molar-refractivity contribution in [1.82, 2.24) is 10.6 Å². The summed E-state index contributed by atoms with van der Waals surface area (Å²) in [6.07, 6.45) is 7.92. The number of aryl methyl sites for hydroxylation is 1. The zero-order chi connectivity index (χ0) is 15.3. The van der Waals surface area contributed by atoms with Crippen molar-refractivity contribution in [2.75, 3.05) is 19.6 Å². The van der Waals surface area contributed by atoms with E-state index in [-0.39, 0.29) is 5.91 Å². The van der Waals surface area contributed by atoms with Crippen molar-refractivity contribution in [2.45, 2.75) is 52.4 Å². The molecule has 0 heterocycles. The minimum Gasteiger partial charge on any atom is -0.351 e. The molecule has 0 saturated carbocycles. The van der Waals surface area contributed by atoms with Gasteiger partial charge in [0.15, 0.2) is 0 Å². The molecular formula is C18H30N2O. The van der Waals surface area contributed by atoms with Gasteiger partial charge in [-0.2, -0.15) is 0 Å². The summed E-state index contributed by atoms with van der Waals surface area (Å²) in [7, 11) is 0. The minimum absolute atomic E-state index is 0.0105. The molecule has 118 valence electrons. The largest absolute Gasteiger partial charge is 0.351 e. The Balaban J connectivity index is 1.96. The zero-order valence-electron chi connectivity index (χ0n) is 13.6. The summed E-state index contributed by atoms with van der Waals surface area (Å²) in [5.41, 5.74) is 1.91. The molecule has 0 aliphatic rings. The number of nitrogens with one attached hydrogen (secondary N) is 2. The summed E-state index contributed by atoms with van der Waals surface area (Å²) < 4.78 is 0. The zero-order valence-corrected chi connectivity index (χ0v) is 13.6. The fourth-order valence-corrected chi connectivity index (χ4v) is 2.23. The Kier molecular flexibility index (Phi) is 9.55. The van der Waals surface area contributed by atoms with Gasteiger partial charge in [-0.15, -0.1) is 0 Å². The highest BCUT2D eigenvalue weighted by atomic mass is 16.1. The number of unbranched alkanes of at least 4 members (excludes halogenated alkanes) is 5. The van der Waals surface area contributed by atoms with Crippen LogP contribution in [0.25, 0.3) is 0 Å². The highest BCUT2D eigenvalue weighted by Crippen LogP contribution is 2.04. The Morgan fingerprint density at radius 1 is 0.905 bits per heavy atom. The normalized spacial score (nSPS) is 10.6. The van der Waals surface area contributed by atoms with Crippen molar-refractivity contribution in [3.05, 3.63) is 35.4 Å². The van der Waals surface area contributed by atoms with Crippen LogP contribution in [0.4, 0.5) is 0 Å². The van der Waals surface area contributed by atoms with Crippen LogP contribution >= 0.6 is 0 Å². The van der Waals surface area contributed by atoms with E-state index in [2.05, 4.69) is 17.6 Å². The molecule has 1 amide bonds. The second-order valence-corrected chi connectivity index (χ2v) is 5.64. The fraction of sp³-hybridized carbons (Fsp3) is 0.611. The molecule has 0 aliphatic carbocycles. The molecule has 1 rings (SSSR count). The van der Waals surface area contributed by atoms with E-state index in [0.29, 0.717) is 6.54 Å². The number of carbonyl (C=O) groups is 1. The van der Waals surface area contributed by atoms with Crippen molar-refractivity contribution in [3.63, 3.8) is 0 Å². The van der Waals surface area contributed by atoms with E-state index in [1.165, 1.54) is 44.1 Å². The van der Waals surface area contributed by atoms with E-state index in [9.17, 15) is 4.79 Å². The van der Waals surface area contributed by atoms with Gasteiger partial charge in [0.05, 0.1) is 0 Å². The second-order valence-electron chi connectivity index (χ2n) is 5.64. The van der Waals surface area contributed by atoms with E-state index in [0.717, 1.165) is 18.7 Å². The van der Waals surface area contributed by atoms with Gasteiger partial charge in [-0.25, -0.2) is 0 Å². The van der Waals surface area contributed by atoms with Gasteiger partial charge in [0, 0.05) is 18.7 Å². The summed E-state index contributed by atoms with van der Waals surface area (Å²) in [6, 6.07) is 7.67. The first kappa shape index (κ1) is 17.7. The van der Waals surface area contributed by atoms with Crippen LogP contribution in [0, 0.1) is 6.92 Å². The van der Waals surface area contributed by atoms with Crippen LogP contribution in [0.5, 0.6) is 0 Å². The maximum absolute atomic E-state index is 11.9. The molecule has 0 aromatic heterocycles. The van der Waals surface area contributed by atoms with Crippen molar-refractivity contribution in [2.24, 2.45) is 0 Å². The first-order valence-corrected chi connectivity index (χ1v) is 8.29. The third-order valence-electron chi connectivity index (χ3n) is 3.61. The standard InChI is InChI=1S/C18H30N2O/c1-3-4-5-6-7-8-13-19-14-15-20-18(21)17-11-9-16(2)10-12-17/h9-12,19H,3-8,13-15H2,1-2H3,(H,20,21). The SMILES string of the molecule is CCCCCCCCNCCNC(=O)c1ccc(C)cc1. The highest BCUT2D eigenvalue weighted by Gasteiger charge is 2.03. The molecule has 3 heteroatoms. The van der Waals surface area contributed by atoms with Gasteiger partial charge in [0.1, 0.15) is 0 Å². The van der Waals surface area contributed by atoms with E-state index >= 15 is 0 Å². The third-order valence-corrected chi connectivity index (χ3v) is 3.61. The first-order chi connectivity index (χ1) is 10.2. The maximum atomic E-state index is 11.9. The Morgan fingerprint density at radius 3 is 2.29 bits per heavy atom. The fourth-order valence-electron chi connectivity index (χ4n) is 2.23. The summed E-state index contributed by atoms with van der Waals surface area (Å²) >= 11 is 0. The topological polar surface area (TPSA) is 41.1 Å². The predicted molar refractivity (Wildman–Crippen MR) is 89.8 cm³/mol. The van der Waals surface area contributed by atoms with Crippen molar-refractivity contribution in [1.29, 1.82) is 0 Å². The lowest BCUT2D eigenvalue weighted by molar-refractivity contribution is 0.0954. The maximum Gasteiger partial charge on any atom is 0.251 e. The Bertz CT molecular complexity index is 387. The number of amides is 1. The molecule has 3 nitrogen and oxygen atoms in total. The molecule has 0 radical (unpaired) electrons. The first-order valence-electron chi connectivity index (χ1n) is 8.29. The molecule has 1 aromatic rings. The van der Waals surface area contributed by atoms with Gasteiger partial charge in [0.25, 0.3) is 5.91 Å². The summed E-state index contributed by atoms with van der Waals surface area (Å²) in [5.74, 6) is 0.0105. The molecule has 0 atom stereocenters. The summed E-state index contributed by atoms with van der Waals surface area (Å²) in [5, 5.41) is 6.31. The van der Waals surface area contributed by atoms with Gasteiger partial charge < -0.3 is 10.6 Å². The molecule has 2 N–H and O–H groups in total. The predicted octanol–water partition coefficient (Wildman–Crippen LogP) is 3.67. The van der Waals surface area contributed by atoms with E-state index in [1.54, 1.807) is 0 Å². The van der Waals surface area contributed by atoms with Crippen molar-refractivity contribution in [3.8, 4) is 0 Å². The van der Waals surface area contributed by atoms with Gasteiger partial charge in [-0.05, 0) is 32.0 Å². The number of hydrogen-bond donors (Lipinski definition) is 2. The Hall–Kier alpha value is -1.35. The van der Waals surface area contributed by atoms with Gasteiger partial charge in [-0.3, -0.25) is 4.79 Å². The van der Waals surface area contributed by atoms with Crippen LogP contribution in [-0.4, -0.2) is 25.5 Å². The van der Waals surface area contributed by atoms with Gasteiger partial charge in [-0.1, -0.05) is 56.7 Å². The lowest BCUT2D eigenvalue weighted by Crippen LogP contribution is -2.32. The average molecular weight is 290 g/mol. The smallest absolute Gasteiger partial charge is 0.251 e. The minimum atomic E-state index is 0.0105. The average Bonchev–Trinajstić information content (AvgIpc) is 2.49. The molecule has 0 saturated heterocycles. The van der Waals surface area contributed by atoms with E-state index < -0.39 is 0 Å². The van der Waals surface area contributed by atoms with Crippen LogP contribution in [0.2, 0.25) is 0 Å². The monoisotopic (exact) mass is 290 g/mol. The molecule has 1 aromatic carbocycles. The van der Waals surface area contributed by atoms with E-state index in [1.807, 2.05) is 31.2 Å². The third kappa shape index (κ3) is 8.51. The van der Waals surface area contributed by atoms with Crippen LogP contribution in [0.15, 0.2) is 24.3 Å². The molecule has 0 spiro atoms. The van der Waals surface area contributed by atoms with Crippen molar-refractivity contribution >= 4 is 5.91 Å². The van der Waals surface area contributed by atoms with Crippen LogP contribution < -0.4 is 10.6 Å². The molecular weight excluding hydrogens is 260 g/mol. The lowest BCUT2D eigenvalue weighted by Gasteiger charge is -2.07. The molecule has 21 heavy (non-hydrogen) atoms. The molecule has 0 bridgehead atoms. The second kappa shape index (κ2) is 11.3. The lowest BCUT2D eigenvalue weighted by atomic mass is 10.1. The van der Waals surface area contributed by atoms with Crippen LogP contribution in [0.3, 0.4) is 0 Å².